The first kappa shape index (κ1) is 8.59. The van der Waals surface area contributed by atoms with E-state index >= 15 is 0 Å². The van der Waals surface area contributed by atoms with Crippen LogP contribution in [0.5, 0.6) is 0 Å². The topological polar surface area (TPSA) is 35.5 Å². The minimum absolute atomic E-state index is 0.369. The Hall–Kier alpha value is -0.510. The zero-order valence-corrected chi connectivity index (χ0v) is 8.19. The number of halogens is 1. The summed E-state index contributed by atoms with van der Waals surface area (Å²) in [5, 5.41) is 0. The standard InChI is InChI=1S/C7H9BrO3/c1-7(2)5(10-3)4(8)6(9)11-7/h1-3H3. The summed E-state index contributed by atoms with van der Waals surface area (Å²) in [7, 11) is 1.51. The lowest BCUT2D eigenvalue weighted by Crippen LogP contribution is -2.23. The Morgan fingerprint density at radius 3 is 2.27 bits per heavy atom. The summed E-state index contributed by atoms with van der Waals surface area (Å²) >= 11 is 3.09. The molecule has 1 aliphatic heterocycles. The largest absolute Gasteiger partial charge is 0.495 e. The summed E-state index contributed by atoms with van der Waals surface area (Å²) in [5.41, 5.74) is -0.634. The van der Waals surface area contributed by atoms with E-state index in [1.54, 1.807) is 13.8 Å². The summed E-state index contributed by atoms with van der Waals surface area (Å²) in [6.45, 7) is 3.55. The lowest BCUT2D eigenvalue weighted by atomic mass is 10.1. The van der Waals surface area contributed by atoms with Gasteiger partial charge in [-0.25, -0.2) is 4.79 Å². The number of cyclic esters (lactones) is 1. The highest BCUT2D eigenvalue weighted by Crippen LogP contribution is 2.35. The van der Waals surface area contributed by atoms with E-state index in [4.69, 9.17) is 9.47 Å². The van der Waals surface area contributed by atoms with Crippen LogP contribution in [-0.2, 0) is 14.3 Å². The number of ether oxygens (including phenoxy) is 2. The molecule has 3 nitrogen and oxygen atoms in total. The van der Waals surface area contributed by atoms with Crippen molar-refractivity contribution in [2.24, 2.45) is 0 Å². The molecule has 0 unspecified atom stereocenters. The van der Waals surface area contributed by atoms with E-state index in [1.807, 2.05) is 0 Å². The number of esters is 1. The van der Waals surface area contributed by atoms with Crippen molar-refractivity contribution in [2.45, 2.75) is 19.4 Å². The predicted molar refractivity (Wildman–Crippen MR) is 43.1 cm³/mol. The van der Waals surface area contributed by atoms with Gasteiger partial charge in [0.25, 0.3) is 0 Å². The Morgan fingerprint density at radius 2 is 2.09 bits per heavy atom. The van der Waals surface area contributed by atoms with E-state index in [0.29, 0.717) is 10.2 Å². The summed E-state index contributed by atoms with van der Waals surface area (Å²) in [5.74, 6) is 0.175. The molecule has 0 amide bonds. The number of hydrogen-bond acceptors (Lipinski definition) is 3. The molecule has 0 spiro atoms. The Morgan fingerprint density at radius 1 is 1.55 bits per heavy atom. The number of methoxy groups -OCH3 is 1. The first-order valence-electron chi connectivity index (χ1n) is 3.16. The van der Waals surface area contributed by atoms with Crippen molar-refractivity contribution in [1.82, 2.24) is 0 Å². The fourth-order valence-electron chi connectivity index (χ4n) is 1.02. The highest BCUT2D eigenvalue weighted by Gasteiger charge is 2.40. The van der Waals surface area contributed by atoms with Crippen LogP contribution < -0.4 is 0 Å². The molecule has 1 aliphatic rings. The number of carbonyl (C=O) groups is 1. The molecule has 0 N–H and O–H groups in total. The Kier molecular flexibility index (Phi) is 1.96. The van der Waals surface area contributed by atoms with Crippen LogP contribution in [0, 0.1) is 0 Å². The maximum Gasteiger partial charge on any atom is 0.349 e. The number of carbonyl (C=O) groups excluding carboxylic acids is 1. The molecule has 1 heterocycles. The van der Waals surface area contributed by atoms with Gasteiger partial charge in [0.15, 0.2) is 11.4 Å². The zero-order chi connectivity index (χ0) is 8.65. The van der Waals surface area contributed by atoms with Gasteiger partial charge in [-0.3, -0.25) is 0 Å². The maximum atomic E-state index is 11.0. The molecule has 0 fully saturated rings. The average molecular weight is 221 g/mol. The van der Waals surface area contributed by atoms with Crippen molar-refractivity contribution < 1.29 is 14.3 Å². The molecule has 0 aromatic rings. The zero-order valence-electron chi connectivity index (χ0n) is 6.60. The lowest BCUT2D eigenvalue weighted by molar-refractivity contribution is -0.145. The maximum absolute atomic E-state index is 11.0. The second-order valence-electron chi connectivity index (χ2n) is 2.75. The normalized spacial score (nSPS) is 22.0. The monoisotopic (exact) mass is 220 g/mol. The molecular weight excluding hydrogens is 212 g/mol. The van der Waals surface area contributed by atoms with Crippen LogP contribution in [0.3, 0.4) is 0 Å². The van der Waals surface area contributed by atoms with Gasteiger partial charge in [0.1, 0.15) is 4.48 Å². The molecule has 62 valence electrons. The second kappa shape index (κ2) is 2.52. The van der Waals surface area contributed by atoms with E-state index in [1.165, 1.54) is 7.11 Å². The van der Waals surface area contributed by atoms with Crippen LogP contribution in [0.1, 0.15) is 13.8 Å². The van der Waals surface area contributed by atoms with Crippen molar-refractivity contribution in [2.75, 3.05) is 7.11 Å². The molecular formula is C7H9BrO3. The van der Waals surface area contributed by atoms with Crippen LogP contribution in [0.15, 0.2) is 10.2 Å². The first-order chi connectivity index (χ1) is 4.99. The third kappa shape index (κ3) is 1.27. The van der Waals surface area contributed by atoms with Gasteiger partial charge in [-0.05, 0) is 29.8 Å². The number of rotatable bonds is 1. The molecule has 0 aromatic carbocycles. The van der Waals surface area contributed by atoms with Gasteiger partial charge >= 0.3 is 5.97 Å². The van der Waals surface area contributed by atoms with Gasteiger partial charge in [-0.1, -0.05) is 0 Å². The van der Waals surface area contributed by atoms with E-state index in [-0.39, 0.29) is 5.97 Å². The highest BCUT2D eigenvalue weighted by atomic mass is 79.9. The van der Waals surface area contributed by atoms with Gasteiger partial charge < -0.3 is 9.47 Å². The van der Waals surface area contributed by atoms with Crippen LogP contribution >= 0.6 is 15.9 Å². The minimum atomic E-state index is -0.634. The minimum Gasteiger partial charge on any atom is -0.495 e. The Labute approximate surface area is 73.5 Å². The molecule has 4 heteroatoms. The fraction of sp³-hybridized carbons (Fsp3) is 0.571. The highest BCUT2D eigenvalue weighted by molar-refractivity contribution is 9.12. The van der Waals surface area contributed by atoms with Crippen LogP contribution in [0.4, 0.5) is 0 Å². The fourth-order valence-corrected chi connectivity index (χ4v) is 1.74. The van der Waals surface area contributed by atoms with Crippen molar-refractivity contribution in [3.8, 4) is 0 Å². The summed E-state index contributed by atoms with van der Waals surface area (Å²) in [4.78, 5) is 11.0. The van der Waals surface area contributed by atoms with Crippen molar-refractivity contribution in [3.63, 3.8) is 0 Å². The van der Waals surface area contributed by atoms with Gasteiger partial charge in [0, 0.05) is 0 Å². The summed E-state index contributed by atoms with van der Waals surface area (Å²) in [6.07, 6.45) is 0. The smallest absolute Gasteiger partial charge is 0.349 e. The third-order valence-electron chi connectivity index (χ3n) is 1.48. The van der Waals surface area contributed by atoms with Crippen molar-refractivity contribution in [3.05, 3.63) is 10.2 Å². The van der Waals surface area contributed by atoms with Crippen LogP contribution in [-0.4, -0.2) is 18.7 Å². The summed E-state index contributed by atoms with van der Waals surface area (Å²) in [6, 6.07) is 0. The van der Waals surface area contributed by atoms with Gasteiger partial charge in [-0.2, -0.15) is 0 Å². The lowest BCUT2D eigenvalue weighted by Gasteiger charge is -2.19. The molecule has 0 aromatic heterocycles. The van der Waals surface area contributed by atoms with Crippen LogP contribution in [0.25, 0.3) is 0 Å². The van der Waals surface area contributed by atoms with Gasteiger partial charge in [0.2, 0.25) is 0 Å². The third-order valence-corrected chi connectivity index (χ3v) is 2.16. The van der Waals surface area contributed by atoms with Gasteiger partial charge in [-0.15, -0.1) is 0 Å². The molecule has 0 bridgehead atoms. The Bertz CT molecular complexity index is 230. The quantitative estimate of drug-likeness (QED) is 0.630. The molecule has 0 atom stereocenters. The van der Waals surface area contributed by atoms with E-state index in [2.05, 4.69) is 15.9 Å². The molecule has 1 rings (SSSR count). The second-order valence-corrected chi connectivity index (χ2v) is 3.54. The molecule has 11 heavy (non-hydrogen) atoms. The summed E-state index contributed by atoms with van der Waals surface area (Å²) < 4.78 is 10.4. The predicted octanol–water partition coefficient (Wildman–Crippen LogP) is 1.57. The molecule has 0 saturated heterocycles. The van der Waals surface area contributed by atoms with Crippen molar-refractivity contribution >= 4 is 21.9 Å². The molecule has 0 saturated carbocycles. The van der Waals surface area contributed by atoms with Crippen LogP contribution in [0.2, 0.25) is 0 Å². The van der Waals surface area contributed by atoms with E-state index in [9.17, 15) is 4.79 Å². The SMILES string of the molecule is COC1=C(Br)C(=O)OC1(C)C. The number of hydrogen-bond donors (Lipinski definition) is 0. The van der Waals surface area contributed by atoms with Gasteiger partial charge in [0.05, 0.1) is 7.11 Å². The van der Waals surface area contributed by atoms with E-state index < -0.39 is 5.60 Å². The molecule has 0 radical (unpaired) electrons. The first-order valence-corrected chi connectivity index (χ1v) is 3.96. The molecule has 0 aliphatic carbocycles. The average Bonchev–Trinajstić information content (AvgIpc) is 2.03. The van der Waals surface area contributed by atoms with E-state index in [0.717, 1.165) is 0 Å². The van der Waals surface area contributed by atoms with Crippen molar-refractivity contribution in [1.29, 1.82) is 0 Å². The Balaban J connectivity index is 3.06.